The first-order valence-corrected chi connectivity index (χ1v) is 5.74. The molecular formula is C11H10BrN3O2. The van der Waals surface area contributed by atoms with Gasteiger partial charge >= 0.3 is 5.97 Å². The molecular weight excluding hydrogens is 286 g/mol. The Bertz CT molecular complexity index is 599. The van der Waals surface area contributed by atoms with Gasteiger partial charge in [0.2, 0.25) is 0 Å². The zero-order valence-electron chi connectivity index (χ0n) is 9.28. The van der Waals surface area contributed by atoms with Crippen molar-refractivity contribution in [1.29, 1.82) is 5.26 Å². The molecule has 1 aromatic carbocycles. The van der Waals surface area contributed by atoms with Crippen LogP contribution in [0.2, 0.25) is 0 Å². The number of aromatic amines is 1. The summed E-state index contributed by atoms with van der Waals surface area (Å²) in [6, 6.07) is 5.14. The number of benzene rings is 1. The highest BCUT2D eigenvalue weighted by molar-refractivity contribution is 9.10. The average molecular weight is 296 g/mol. The Labute approximate surface area is 106 Å². The third-order valence-corrected chi connectivity index (χ3v) is 2.63. The van der Waals surface area contributed by atoms with E-state index in [2.05, 4.69) is 26.1 Å². The summed E-state index contributed by atoms with van der Waals surface area (Å²) in [6.07, 6.45) is 0. The number of nitriles is 1. The van der Waals surface area contributed by atoms with E-state index >= 15 is 0 Å². The summed E-state index contributed by atoms with van der Waals surface area (Å²) in [5.41, 5.74) is 0.675. The maximum atomic E-state index is 10.9. The monoisotopic (exact) mass is 295 g/mol. The molecule has 0 amide bonds. The third kappa shape index (κ3) is 2.29. The Hall–Kier alpha value is -1.87. The minimum absolute atomic E-state index is 0.0668. The lowest BCUT2D eigenvalue weighted by molar-refractivity contribution is 0.0692. The third-order valence-electron chi connectivity index (χ3n) is 1.99. The second-order valence-corrected chi connectivity index (χ2v) is 3.69. The number of carbonyl (C=O) groups is 1. The normalized spacial score (nSPS) is 9.29. The van der Waals surface area contributed by atoms with Crippen molar-refractivity contribution in [2.75, 3.05) is 0 Å². The molecule has 1 heterocycles. The van der Waals surface area contributed by atoms with Crippen molar-refractivity contribution in [3.63, 3.8) is 0 Å². The van der Waals surface area contributed by atoms with Crippen LogP contribution in [0.1, 0.15) is 29.9 Å². The molecule has 0 aliphatic rings. The Balaban J connectivity index is 0.000000686. The topological polar surface area (TPSA) is 89.8 Å². The fourth-order valence-electron chi connectivity index (χ4n) is 1.34. The van der Waals surface area contributed by atoms with Crippen molar-refractivity contribution < 1.29 is 9.90 Å². The lowest BCUT2D eigenvalue weighted by atomic mass is 10.1. The van der Waals surface area contributed by atoms with E-state index in [4.69, 9.17) is 10.4 Å². The van der Waals surface area contributed by atoms with Gasteiger partial charge in [-0.3, -0.25) is 5.10 Å². The maximum Gasteiger partial charge on any atom is 0.354 e. The molecule has 0 radical (unpaired) electrons. The highest BCUT2D eigenvalue weighted by atomic mass is 79.9. The van der Waals surface area contributed by atoms with E-state index in [-0.39, 0.29) is 5.69 Å². The minimum Gasteiger partial charge on any atom is -0.477 e. The van der Waals surface area contributed by atoms with Crippen molar-refractivity contribution >= 4 is 32.8 Å². The standard InChI is InChI=1S/C9H4BrN3O2.C2H6/c10-5-2-1-4(3-11)6-7(5)12-13-8(6)9(14)15;1-2/h1-2H,(H,12,13)(H,14,15);1-2H3. The molecule has 0 aliphatic heterocycles. The van der Waals surface area contributed by atoms with Crippen LogP contribution in [0.4, 0.5) is 0 Å². The number of rotatable bonds is 1. The van der Waals surface area contributed by atoms with E-state index in [1.54, 1.807) is 12.1 Å². The Morgan fingerprint density at radius 2 is 2.18 bits per heavy atom. The van der Waals surface area contributed by atoms with Crippen LogP contribution in [0.5, 0.6) is 0 Å². The number of carboxylic acid groups (broad SMARTS) is 1. The molecule has 2 rings (SSSR count). The number of nitrogens with one attached hydrogen (secondary N) is 1. The summed E-state index contributed by atoms with van der Waals surface area (Å²) >= 11 is 3.24. The van der Waals surface area contributed by atoms with Crippen molar-refractivity contribution in [3.05, 3.63) is 27.9 Å². The van der Waals surface area contributed by atoms with Gasteiger partial charge in [0, 0.05) is 4.47 Å². The second-order valence-electron chi connectivity index (χ2n) is 2.83. The molecule has 0 aliphatic carbocycles. The number of hydrogen-bond acceptors (Lipinski definition) is 3. The van der Waals surface area contributed by atoms with Crippen LogP contribution in [0.15, 0.2) is 16.6 Å². The fraction of sp³-hybridized carbons (Fsp3) is 0.182. The molecule has 5 nitrogen and oxygen atoms in total. The minimum atomic E-state index is -1.13. The number of H-pyrrole nitrogens is 1. The van der Waals surface area contributed by atoms with Gasteiger partial charge in [-0.25, -0.2) is 4.79 Å². The predicted octanol–water partition coefficient (Wildman–Crippen LogP) is 2.92. The quantitative estimate of drug-likeness (QED) is 0.846. The van der Waals surface area contributed by atoms with Crippen LogP contribution in [0, 0.1) is 11.3 Å². The molecule has 6 heteroatoms. The molecule has 0 bridgehead atoms. The van der Waals surface area contributed by atoms with Crippen LogP contribution in [-0.2, 0) is 0 Å². The number of nitrogens with zero attached hydrogens (tertiary/aromatic N) is 2. The molecule has 0 atom stereocenters. The zero-order valence-corrected chi connectivity index (χ0v) is 10.9. The van der Waals surface area contributed by atoms with Gasteiger partial charge in [-0.2, -0.15) is 10.4 Å². The van der Waals surface area contributed by atoms with E-state index in [0.29, 0.717) is 20.9 Å². The van der Waals surface area contributed by atoms with Crippen LogP contribution in [-0.4, -0.2) is 21.3 Å². The van der Waals surface area contributed by atoms with Crippen LogP contribution < -0.4 is 0 Å². The number of halogens is 1. The van der Waals surface area contributed by atoms with Gasteiger partial charge in [0.05, 0.1) is 17.0 Å². The Morgan fingerprint density at radius 3 is 2.71 bits per heavy atom. The molecule has 17 heavy (non-hydrogen) atoms. The summed E-state index contributed by atoms with van der Waals surface area (Å²) in [4.78, 5) is 10.9. The molecule has 0 fully saturated rings. The number of fused-ring (bicyclic) bond motifs is 1. The van der Waals surface area contributed by atoms with Crippen molar-refractivity contribution in [1.82, 2.24) is 10.2 Å². The first-order chi connectivity index (χ1) is 8.15. The maximum absolute atomic E-state index is 10.9. The molecule has 0 saturated heterocycles. The molecule has 2 N–H and O–H groups in total. The van der Waals surface area contributed by atoms with Crippen molar-refractivity contribution in [2.45, 2.75) is 13.8 Å². The van der Waals surface area contributed by atoms with Crippen molar-refractivity contribution in [3.8, 4) is 6.07 Å². The Kier molecular flexibility index (Phi) is 4.24. The Morgan fingerprint density at radius 1 is 1.53 bits per heavy atom. The molecule has 88 valence electrons. The zero-order chi connectivity index (χ0) is 13.0. The number of aromatic carboxylic acids is 1. The molecule has 0 saturated carbocycles. The summed E-state index contributed by atoms with van der Waals surface area (Å²) in [7, 11) is 0. The van der Waals surface area contributed by atoms with E-state index in [9.17, 15) is 4.79 Å². The SMILES string of the molecule is CC.N#Cc1ccc(Br)c2n[nH]c(C(=O)O)c12. The highest BCUT2D eigenvalue weighted by Crippen LogP contribution is 2.27. The van der Waals surface area contributed by atoms with Gasteiger partial charge < -0.3 is 5.11 Å². The van der Waals surface area contributed by atoms with Gasteiger partial charge in [-0.1, -0.05) is 13.8 Å². The van der Waals surface area contributed by atoms with Crippen molar-refractivity contribution in [2.24, 2.45) is 0 Å². The van der Waals surface area contributed by atoms with E-state index in [1.807, 2.05) is 19.9 Å². The van der Waals surface area contributed by atoms with Gasteiger partial charge in [-0.05, 0) is 28.1 Å². The fourth-order valence-corrected chi connectivity index (χ4v) is 1.76. The summed E-state index contributed by atoms with van der Waals surface area (Å²) in [6.45, 7) is 4.00. The predicted molar refractivity (Wildman–Crippen MR) is 66.8 cm³/mol. The molecule has 0 spiro atoms. The van der Waals surface area contributed by atoms with Gasteiger partial charge in [0.25, 0.3) is 0 Å². The van der Waals surface area contributed by atoms with Gasteiger partial charge in [0.15, 0.2) is 5.69 Å². The highest BCUT2D eigenvalue weighted by Gasteiger charge is 2.17. The number of carboxylic acids is 1. The lowest BCUT2D eigenvalue weighted by Gasteiger charge is -1.95. The number of hydrogen-bond donors (Lipinski definition) is 2. The second kappa shape index (κ2) is 5.46. The van der Waals surface area contributed by atoms with Gasteiger partial charge in [0.1, 0.15) is 5.52 Å². The van der Waals surface area contributed by atoms with Crippen LogP contribution in [0.3, 0.4) is 0 Å². The average Bonchev–Trinajstić information content (AvgIpc) is 2.78. The van der Waals surface area contributed by atoms with Crippen LogP contribution >= 0.6 is 15.9 Å². The summed E-state index contributed by atoms with van der Waals surface area (Å²) in [5, 5.41) is 24.3. The van der Waals surface area contributed by atoms with E-state index < -0.39 is 5.97 Å². The first-order valence-electron chi connectivity index (χ1n) is 4.95. The summed E-state index contributed by atoms with van der Waals surface area (Å²) < 4.78 is 0.653. The lowest BCUT2D eigenvalue weighted by Crippen LogP contribution is -1.97. The van der Waals surface area contributed by atoms with E-state index in [1.165, 1.54) is 0 Å². The summed E-state index contributed by atoms with van der Waals surface area (Å²) in [5.74, 6) is -1.13. The molecule has 0 unspecified atom stereocenters. The number of aromatic nitrogens is 2. The smallest absolute Gasteiger partial charge is 0.354 e. The first kappa shape index (κ1) is 13.2. The van der Waals surface area contributed by atoms with E-state index in [0.717, 1.165) is 0 Å². The molecule has 1 aromatic heterocycles. The largest absolute Gasteiger partial charge is 0.477 e. The van der Waals surface area contributed by atoms with Crippen LogP contribution in [0.25, 0.3) is 10.9 Å². The molecule has 2 aromatic rings. The van der Waals surface area contributed by atoms with Gasteiger partial charge in [-0.15, -0.1) is 0 Å².